The Morgan fingerprint density at radius 1 is 0.972 bits per heavy atom. The van der Waals surface area contributed by atoms with Crippen LogP contribution in [0.1, 0.15) is 36.8 Å². The highest BCUT2D eigenvalue weighted by molar-refractivity contribution is 5.83. The maximum Gasteiger partial charge on any atom is 0.223 e. The highest BCUT2D eigenvalue weighted by Gasteiger charge is 2.24. The molecule has 2 aromatic carbocycles. The van der Waals surface area contributed by atoms with E-state index in [-0.39, 0.29) is 30.8 Å². The molecule has 7 nitrogen and oxygen atoms in total. The number of amides is 2. The number of hydrogen-bond acceptors (Lipinski definition) is 5. The van der Waals surface area contributed by atoms with E-state index < -0.39 is 0 Å². The fraction of sp³-hybridized carbons (Fsp3) is 0.414. The SMILES string of the molecule is CN(Cc1cccc(OC2CCN(C(=O)CCC(=O)N(C)C)CC2)c1)Cc1cccc2ncccc12. The Balaban J connectivity index is 1.27. The van der Waals surface area contributed by atoms with Gasteiger partial charge in [0.05, 0.1) is 5.52 Å². The third-order valence-electron chi connectivity index (χ3n) is 6.68. The molecule has 0 aliphatic carbocycles. The molecule has 0 spiro atoms. The number of pyridine rings is 1. The Bertz CT molecular complexity index is 1180. The zero-order valence-electron chi connectivity index (χ0n) is 21.5. The molecular weight excluding hydrogens is 452 g/mol. The molecule has 4 rings (SSSR count). The summed E-state index contributed by atoms with van der Waals surface area (Å²) >= 11 is 0. The summed E-state index contributed by atoms with van der Waals surface area (Å²) in [7, 11) is 5.55. The van der Waals surface area contributed by atoms with Crippen LogP contribution in [0.2, 0.25) is 0 Å². The molecule has 0 radical (unpaired) electrons. The lowest BCUT2D eigenvalue weighted by Gasteiger charge is -2.32. The maximum atomic E-state index is 12.4. The number of likely N-dealkylation sites (tertiary alicyclic amines) is 1. The van der Waals surface area contributed by atoms with Crippen molar-refractivity contribution in [2.75, 3.05) is 34.2 Å². The molecule has 2 heterocycles. The van der Waals surface area contributed by atoms with Gasteiger partial charge in [-0.25, -0.2) is 0 Å². The summed E-state index contributed by atoms with van der Waals surface area (Å²) in [6.45, 7) is 2.98. The maximum absolute atomic E-state index is 12.4. The van der Waals surface area contributed by atoms with Crippen LogP contribution in [0.4, 0.5) is 0 Å². The van der Waals surface area contributed by atoms with Crippen molar-refractivity contribution in [3.8, 4) is 5.75 Å². The number of fused-ring (bicyclic) bond motifs is 1. The van der Waals surface area contributed by atoms with Gasteiger partial charge in [-0.05, 0) is 42.4 Å². The summed E-state index contributed by atoms with van der Waals surface area (Å²) in [4.78, 5) is 34.3. The molecule has 0 unspecified atom stereocenters. The lowest BCUT2D eigenvalue weighted by Crippen LogP contribution is -2.42. The Morgan fingerprint density at radius 3 is 2.53 bits per heavy atom. The van der Waals surface area contributed by atoms with Crippen LogP contribution >= 0.6 is 0 Å². The van der Waals surface area contributed by atoms with E-state index in [0.29, 0.717) is 13.1 Å². The van der Waals surface area contributed by atoms with Gasteiger partial charge in [0.15, 0.2) is 0 Å². The predicted octanol–water partition coefficient (Wildman–Crippen LogP) is 4.11. The molecule has 1 saturated heterocycles. The van der Waals surface area contributed by atoms with Gasteiger partial charge in [-0.3, -0.25) is 19.5 Å². The minimum Gasteiger partial charge on any atom is -0.490 e. The van der Waals surface area contributed by atoms with Crippen molar-refractivity contribution < 1.29 is 14.3 Å². The van der Waals surface area contributed by atoms with Crippen molar-refractivity contribution in [1.29, 1.82) is 0 Å². The quantitative estimate of drug-likeness (QED) is 0.454. The third-order valence-corrected chi connectivity index (χ3v) is 6.68. The minimum absolute atomic E-state index is 0.0128. The molecule has 3 aromatic rings. The second-order valence-electron chi connectivity index (χ2n) is 9.79. The topological polar surface area (TPSA) is 66.0 Å². The van der Waals surface area contributed by atoms with Crippen LogP contribution in [0.3, 0.4) is 0 Å². The molecule has 2 amide bonds. The molecule has 7 heteroatoms. The van der Waals surface area contributed by atoms with Crippen LogP contribution in [0, 0.1) is 0 Å². The zero-order valence-corrected chi connectivity index (χ0v) is 21.5. The summed E-state index contributed by atoms with van der Waals surface area (Å²) in [5, 5.41) is 1.19. The number of carbonyl (C=O) groups excluding carboxylic acids is 2. The Hall–Kier alpha value is -3.45. The van der Waals surface area contributed by atoms with Crippen molar-refractivity contribution >= 4 is 22.7 Å². The van der Waals surface area contributed by atoms with Gasteiger partial charge in [0, 0.05) is 77.5 Å². The van der Waals surface area contributed by atoms with Gasteiger partial charge in [-0.2, -0.15) is 0 Å². The van der Waals surface area contributed by atoms with E-state index in [4.69, 9.17) is 4.74 Å². The number of rotatable bonds is 9. The van der Waals surface area contributed by atoms with E-state index in [9.17, 15) is 9.59 Å². The first-order valence-electron chi connectivity index (χ1n) is 12.6. The van der Waals surface area contributed by atoms with Crippen LogP contribution < -0.4 is 4.74 Å². The van der Waals surface area contributed by atoms with E-state index in [2.05, 4.69) is 47.3 Å². The fourth-order valence-electron chi connectivity index (χ4n) is 4.69. The number of carbonyl (C=O) groups is 2. The molecular formula is C29H36N4O3. The largest absolute Gasteiger partial charge is 0.490 e. The highest BCUT2D eigenvalue weighted by Crippen LogP contribution is 2.23. The number of piperidine rings is 1. The lowest BCUT2D eigenvalue weighted by atomic mass is 10.1. The first-order valence-corrected chi connectivity index (χ1v) is 12.6. The van der Waals surface area contributed by atoms with Crippen LogP contribution in [0.5, 0.6) is 5.75 Å². The first-order chi connectivity index (χ1) is 17.4. The molecule has 0 atom stereocenters. The highest BCUT2D eigenvalue weighted by atomic mass is 16.5. The Morgan fingerprint density at radius 2 is 1.75 bits per heavy atom. The zero-order chi connectivity index (χ0) is 25.5. The molecule has 1 aliphatic heterocycles. The molecule has 1 aliphatic rings. The monoisotopic (exact) mass is 488 g/mol. The van der Waals surface area contributed by atoms with Crippen LogP contribution in [0.25, 0.3) is 10.9 Å². The molecule has 0 N–H and O–H groups in total. The average molecular weight is 489 g/mol. The lowest BCUT2D eigenvalue weighted by molar-refractivity contribution is -0.137. The number of aromatic nitrogens is 1. The van der Waals surface area contributed by atoms with Gasteiger partial charge in [0.25, 0.3) is 0 Å². The minimum atomic E-state index is -0.0128. The summed E-state index contributed by atoms with van der Waals surface area (Å²) in [6.07, 6.45) is 4.05. The van der Waals surface area contributed by atoms with E-state index in [1.54, 1.807) is 14.1 Å². The molecule has 190 valence electrons. The molecule has 1 aromatic heterocycles. The van der Waals surface area contributed by atoms with E-state index >= 15 is 0 Å². The molecule has 0 bridgehead atoms. The smallest absolute Gasteiger partial charge is 0.223 e. The van der Waals surface area contributed by atoms with Gasteiger partial charge in [-0.15, -0.1) is 0 Å². The van der Waals surface area contributed by atoms with Gasteiger partial charge in [0.2, 0.25) is 11.8 Å². The summed E-state index contributed by atoms with van der Waals surface area (Å²) in [5.74, 6) is 0.911. The van der Waals surface area contributed by atoms with Crippen LogP contribution in [-0.2, 0) is 22.7 Å². The Labute approximate surface area is 213 Å². The molecule has 36 heavy (non-hydrogen) atoms. The predicted molar refractivity (Wildman–Crippen MR) is 142 cm³/mol. The van der Waals surface area contributed by atoms with Crippen molar-refractivity contribution in [2.45, 2.75) is 44.9 Å². The normalized spacial score (nSPS) is 14.3. The standard InChI is InChI=1S/C29H36N4O3/c1-31(2)28(34)12-13-29(35)33-17-14-24(15-18-33)36-25-9-4-7-22(19-25)20-32(3)21-23-8-5-11-27-26(23)10-6-16-30-27/h4-11,16,19,24H,12-15,17-18,20-21H2,1-3H3. The van der Waals surface area contributed by atoms with Crippen LogP contribution in [-0.4, -0.2) is 71.8 Å². The number of benzene rings is 2. The Kier molecular flexibility index (Phi) is 8.54. The number of hydrogen-bond donors (Lipinski definition) is 0. The van der Waals surface area contributed by atoms with Crippen molar-refractivity contribution in [2.24, 2.45) is 0 Å². The van der Waals surface area contributed by atoms with Gasteiger partial charge >= 0.3 is 0 Å². The second kappa shape index (κ2) is 12.0. The molecule has 0 saturated carbocycles. The van der Waals surface area contributed by atoms with Gasteiger partial charge in [-0.1, -0.05) is 30.3 Å². The summed E-state index contributed by atoms with van der Waals surface area (Å²) in [5.41, 5.74) is 3.49. The van der Waals surface area contributed by atoms with Crippen molar-refractivity contribution in [3.63, 3.8) is 0 Å². The van der Waals surface area contributed by atoms with E-state index in [0.717, 1.165) is 37.2 Å². The first kappa shape index (κ1) is 25.6. The van der Waals surface area contributed by atoms with Crippen LogP contribution in [0.15, 0.2) is 60.8 Å². The number of nitrogens with zero attached hydrogens (tertiary/aromatic N) is 4. The van der Waals surface area contributed by atoms with E-state index in [1.807, 2.05) is 35.4 Å². The average Bonchev–Trinajstić information content (AvgIpc) is 2.88. The second-order valence-corrected chi connectivity index (χ2v) is 9.79. The van der Waals surface area contributed by atoms with Crippen molar-refractivity contribution in [3.05, 3.63) is 71.9 Å². The summed E-state index contributed by atoms with van der Waals surface area (Å²) < 4.78 is 6.29. The third kappa shape index (κ3) is 6.82. The van der Waals surface area contributed by atoms with Gasteiger partial charge < -0.3 is 14.5 Å². The molecule has 1 fully saturated rings. The summed E-state index contributed by atoms with van der Waals surface area (Å²) in [6, 6.07) is 18.7. The number of ether oxygens (including phenoxy) is 1. The fourth-order valence-corrected chi connectivity index (χ4v) is 4.69. The van der Waals surface area contributed by atoms with Crippen molar-refractivity contribution in [1.82, 2.24) is 19.7 Å². The van der Waals surface area contributed by atoms with Gasteiger partial charge in [0.1, 0.15) is 11.9 Å². The van der Waals surface area contributed by atoms with E-state index in [1.165, 1.54) is 21.4 Å².